The maximum Gasteiger partial charge on any atom is 0.409 e. The van der Waals surface area contributed by atoms with Crippen LogP contribution in [0.25, 0.3) is 0 Å². The average Bonchev–Trinajstić information content (AvgIpc) is 3.98. The van der Waals surface area contributed by atoms with Crippen LogP contribution in [0, 0.1) is 17.8 Å². The van der Waals surface area contributed by atoms with Crippen LogP contribution in [0.4, 0.5) is 10.5 Å². The molecule has 6 amide bonds. The van der Waals surface area contributed by atoms with E-state index in [0.29, 0.717) is 37.2 Å². The number of imide groups is 1. The molecule has 4 unspecified atom stereocenters. The van der Waals surface area contributed by atoms with Crippen LogP contribution < -0.4 is 20.3 Å². The lowest BCUT2D eigenvalue weighted by atomic mass is 9.81. The van der Waals surface area contributed by atoms with Gasteiger partial charge in [-0.05, 0) is 89.3 Å². The van der Waals surface area contributed by atoms with Crippen LogP contribution in [0.5, 0.6) is 5.75 Å². The number of methoxy groups -OCH3 is 2. The lowest BCUT2D eigenvalue weighted by molar-refractivity contribution is -0.162. The van der Waals surface area contributed by atoms with Crippen LogP contribution in [0.15, 0.2) is 35.9 Å². The van der Waals surface area contributed by atoms with Crippen LogP contribution in [-0.2, 0) is 54.1 Å². The largest absolute Gasteiger partial charge is 0.495 e. The molecule has 4 fully saturated rings. The molecule has 20 heteroatoms. The Hall–Kier alpha value is -4.69. The van der Waals surface area contributed by atoms with Crippen LogP contribution in [0.3, 0.4) is 0 Å². The molecule has 1 aromatic rings. The first-order chi connectivity index (χ1) is 34.1. The molecule has 1 saturated carbocycles. The number of carbonyl (C=O) groups excluding carboxylic acids is 7. The summed E-state index contributed by atoms with van der Waals surface area (Å²) in [6.45, 7) is 11.3. The number of allylic oxidation sites excluding steroid dienone is 3. The van der Waals surface area contributed by atoms with Gasteiger partial charge in [-0.2, -0.15) is 0 Å². The van der Waals surface area contributed by atoms with Crippen molar-refractivity contribution in [3.05, 3.63) is 46.5 Å². The first-order valence-electron chi connectivity index (χ1n) is 25.2. The summed E-state index contributed by atoms with van der Waals surface area (Å²) in [5.41, 5.74) is -1.14. The highest BCUT2D eigenvalue weighted by molar-refractivity contribution is 8.00. The number of alkyl carbamates (subject to hydrolysis) is 1. The van der Waals surface area contributed by atoms with Gasteiger partial charge in [-0.1, -0.05) is 56.2 Å². The summed E-state index contributed by atoms with van der Waals surface area (Å²) in [5, 5.41) is 17.1. The van der Waals surface area contributed by atoms with E-state index < -0.39 is 76.8 Å². The van der Waals surface area contributed by atoms with Crippen LogP contribution in [-0.4, -0.2) is 150 Å². The number of halogens is 1. The van der Waals surface area contributed by atoms with E-state index in [1.165, 1.54) is 54.7 Å². The van der Waals surface area contributed by atoms with E-state index in [-0.39, 0.29) is 72.1 Å². The van der Waals surface area contributed by atoms with Crippen molar-refractivity contribution in [2.24, 2.45) is 17.8 Å². The van der Waals surface area contributed by atoms with Gasteiger partial charge in [0.2, 0.25) is 29.5 Å². The summed E-state index contributed by atoms with van der Waals surface area (Å²) in [4.78, 5) is 98.4. The number of amides is 6. The van der Waals surface area contributed by atoms with Crippen molar-refractivity contribution in [1.82, 2.24) is 20.4 Å². The Bertz CT molecular complexity index is 2270. The normalized spacial score (nSPS) is 31.7. The zero-order valence-electron chi connectivity index (χ0n) is 43.3. The minimum Gasteiger partial charge on any atom is -0.495 e. The highest BCUT2D eigenvalue weighted by Crippen LogP contribution is 2.49. The number of carbonyl (C=O) groups is 7. The lowest BCUT2D eigenvalue weighted by Gasteiger charge is -2.42. The van der Waals surface area contributed by atoms with E-state index in [0.717, 1.165) is 36.8 Å². The lowest BCUT2D eigenvalue weighted by Crippen LogP contribution is -2.63. The number of fused-ring (bicyclic) bond motifs is 5. The highest BCUT2D eigenvalue weighted by atomic mass is 35.5. The minimum atomic E-state index is -1.87. The molecule has 4 bridgehead atoms. The molecule has 5 aliphatic rings. The molecule has 72 heavy (non-hydrogen) atoms. The second kappa shape index (κ2) is 24.1. The third kappa shape index (κ3) is 13.0. The molecule has 3 N–H and O–H groups in total. The number of benzene rings is 1. The number of anilines is 1. The van der Waals surface area contributed by atoms with Crippen molar-refractivity contribution >= 4 is 70.6 Å². The van der Waals surface area contributed by atoms with Gasteiger partial charge in [0.05, 0.1) is 30.6 Å². The Balaban J connectivity index is 1.11. The number of nitrogens with one attached hydrogen (secondary N) is 2. The number of likely N-dealkylation sites (N-methyl/N-ethyl adjacent to an activating group) is 1. The minimum absolute atomic E-state index is 0.0351. The van der Waals surface area contributed by atoms with Crippen LogP contribution in [0.1, 0.15) is 111 Å². The van der Waals surface area contributed by atoms with Crippen LogP contribution >= 0.6 is 23.4 Å². The molecule has 1 aliphatic carbocycles. The fourth-order valence-electron chi connectivity index (χ4n) is 10.3. The standard InChI is InChI=1S/C52H74ClN5O13S/c1-11-35(12-2)54-47(62)34-18-16-32(17-19-34)28-58-44(61)25-39(48(58)63)72-21-20-42(59)56(7)31(5)49(64)70-41-26-43(60)57(8)36-23-33(24-37(67-9)45(36)53)22-29(3)14-13-15-40(68-10)52(66)27-38(69-50(65)55-52)30(4)46-51(41,6)71-46/h13-15,23-24,30-32,34-35,38-41,46,66H,11-12,16-22,25-28H2,1-10H3,(H,54,62)(H,55,65)/b15-13+,29-14+/t30-,31+,32?,34?,38?,39?,40?,41+,46?,51+,52+/m1/s1. The van der Waals surface area contributed by atoms with Gasteiger partial charge in [0.15, 0.2) is 5.72 Å². The zero-order valence-corrected chi connectivity index (χ0v) is 44.9. The fraction of sp³-hybridized carbons (Fsp3) is 0.673. The predicted molar refractivity (Wildman–Crippen MR) is 271 cm³/mol. The number of ether oxygens (including phenoxy) is 5. The Kier molecular flexibility index (Phi) is 19.0. The molecule has 4 aliphatic heterocycles. The third-order valence-corrected chi connectivity index (χ3v) is 16.9. The molecular formula is C52H74ClN5O13S. The van der Waals surface area contributed by atoms with Gasteiger partial charge in [0.25, 0.3) is 0 Å². The molecule has 0 spiro atoms. The SMILES string of the molecule is CCC(CC)NC(=O)C1CCC(CN2C(=O)CC(SCCC(=O)N(C)[C@@H](C)C(=O)O[C@H]3CC(=O)N(C)c4cc(cc(OC)c4Cl)C/C(C)=C/C=C/C(OC)[C@@]4(O)CC(OC(=O)N4)[C@@H](C)C4O[C@]43C)C2=O)CC1. The topological polar surface area (TPSA) is 223 Å². The molecule has 398 valence electrons. The maximum atomic E-state index is 14.4. The second-order valence-electron chi connectivity index (χ2n) is 20.3. The Morgan fingerprint density at radius 2 is 1.76 bits per heavy atom. The van der Waals surface area contributed by atoms with Crippen LogP contribution in [0.2, 0.25) is 5.02 Å². The number of esters is 1. The maximum absolute atomic E-state index is 14.4. The average molecular weight is 1040 g/mol. The van der Waals surface area contributed by atoms with Gasteiger partial charge in [-0.15, -0.1) is 11.8 Å². The smallest absolute Gasteiger partial charge is 0.409 e. The molecule has 6 rings (SSSR count). The van der Waals surface area contributed by atoms with E-state index in [4.69, 9.17) is 35.3 Å². The number of likely N-dealkylation sites (tertiary alicyclic amines) is 1. The molecule has 1 aromatic carbocycles. The molecule has 18 nitrogen and oxygen atoms in total. The van der Waals surface area contributed by atoms with E-state index in [1.807, 2.05) is 13.0 Å². The highest BCUT2D eigenvalue weighted by Gasteiger charge is 2.64. The summed E-state index contributed by atoms with van der Waals surface area (Å²) in [5.74, 6) is -2.10. The summed E-state index contributed by atoms with van der Waals surface area (Å²) in [7, 11) is 5.91. The number of thioether (sulfide) groups is 1. The van der Waals surface area contributed by atoms with Crippen molar-refractivity contribution < 1.29 is 62.4 Å². The summed E-state index contributed by atoms with van der Waals surface area (Å²) >= 11 is 8.05. The van der Waals surface area contributed by atoms with Crippen molar-refractivity contribution in [2.75, 3.05) is 45.5 Å². The monoisotopic (exact) mass is 1040 g/mol. The molecular weight excluding hydrogens is 970 g/mol. The van der Waals surface area contributed by atoms with Gasteiger partial charge in [-0.25, -0.2) is 9.59 Å². The van der Waals surface area contributed by atoms with Crippen molar-refractivity contribution in [2.45, 2.75) is 165 Å². The molecule has 3 saturated heterocycles. The van der Waals surface area contributed by atoms with Gasteiger partial charge in [0, 0.05) is 70.6 Å². The molecule has 0 radical (unpaired) electrons. The van der Waals surface area contributed by atoms with Gasteiger partial charge in [-0.3, -0.25) is 34.2 Å². The fourth-order valence-corrected chi connectivity index (χ4v) is 11.8. The second-order valence-corrected chi connectivity index (χ2v) is 22.0. The number of aliphatic hydroxyl groups is 1. The van der Waals surface area contributed by atoms with E-state index in [1.54, 1.807) is 45.2 Å². The Morgan fingerprint density at radius 1 is 1.07 bits per heavy atom. The molecule has 4 heterocycles. The summed E-state index contributed by atoms with van der Waals surface area (Å²) in [6.07, 6.45) is 5.17. The first-order valence-corrected chi connectivity index (χ1v) is 26.6. The number of nitrogens with zero attached hydrogens (tertiary/aromatic N) is 3. The van der Waals surface area contributed by atoms with E-state index >= 15 is 0 Å². The Morgan fingerprint density at radius 3 is 2.42 bits per heavy atom. The molecule has 0 aromatic heterocycles. The van der Waals surface area contributed by atoms with Gasteiger partial charge < -0.3 is 43.9 Å². The quantitative estimate of drug-likeness (QED) is 0.106. The van der Waals surface area contributed by atoms with Crippen molar-refractivity contribution in [3.63, 3.8) is 0 Å². The molecule has 9 atom stereocenters. The first kappa shape index (κ1) is 56.6. The van der Waals surface area contributed by atoms with Gasteiger partial charge >= 0.3 is 12.1 Å². The summed E-state index contributed by atoms with van der Waals surface area (Å²) < 4.78 is 29.5. The number of hydrogen-bond acceptors (Lipinski definition) is 14. The van der Waals surface area contributed by atoms with Gasteiger partial charge in [0.1, 0.15) is 40.7 Å². The Labute approximate surface area is 432 Å². The van der Waals surface area contributed by atoms with Crippen molar-refractivity contribution in [1.29, 1.82) is 0 Å². The van der Waals surface area contributed by atoms with Crippen molar-refractivity contribution in [3.8, 4) is 5.75 Å². The summed E-state index contributed by atoms with van der Waals surface area (Å²) in [6, 6.07) is 2.59. The predicted octanol–water partition coefficient (Wildman–Crippen LogP) is 5.88. The van der Waals surface area contributed by atoms with E-state index in [2.05, 4.69) is 24.5 Å². The number of rotatable bonds is 15. The number of hydrogen-bond donors (Lipinski definition) is 3. The number of epoxide rings is 1. The van der Waals surface area contributed by atoms with E-state index in [9.17, 15) is 38.7 Å². The third-order valence-electron chi connectivity index (χ3n) is 15.4. The zero-order chi connectivity index (χ0) is 52.8.